The number of thioether (sulfide) groups is 1. The van der Waals surface area contributed by atoms with E-state index in [2.05, 4.69) is 35.8 Å². The highest BCUT2D eigenvalue weighted by molar-refractivity contribution is 7.98. The maximum absolute atomic E-state index is 13.1. The van der Waals surface area contributed by atoms with Crippen LogP contribution in [0.1, 0.15) is 18.9 Å². The molecule has 3 rings (SSSR count). The van der Waals surface area contributed by atoms with Crippen LogP contribution in [0.2, 0.25) is 0 Å². The van der Waals surface area contributed by atoms with Crippen LogP contribution in [0.15, 0.2) is 53.4 Å². The van der Waals surface area contributed by atoms with Crippen LogP contribution < -0.4 is 15.1 Å². The van der Waals surface area contributed by atoms with Gasteiger partial charge in [0.2, 0.25) is 5.91 Å². The number of rotatable bonds is 5. The second-order valence-electron chi connectivity index (χ2n) is 7.04. The van der Waals surface area contributed by atoms with E-state index in [-0.39, 0.29) is 17.9 Å². The molecular weight excluding hydrogens is 358 g/mol. The van der Waals surface area contributed by atoms with Crippen molar-refractivity contribution in [3.8, 4) is 0 Å². The standard InChI is InChI=1S/C21H25N3O2S/c1-15-12-20(25)22-18-6-4-5-7-19(18)24(15)21(26)14-23(2)13-16-8-10-17(27-3)11-9-16/h4-11,15H,12-14H2,1-3H3,(H,22,25)/p+1/t15-/m0/s1. The molecule has 1 aliphatic heterocycles. The van der Waals surface area contributed by atoms with Crippen molar-refractivity contribution in [2.75, 3.05) is 30.1 Å². The molecule has 0 radical (unpaired) electrons. The van der Waals surface area contributed by atoms with Gasteiger partial charge in [-0.05, 0) is 37.4 Å². The van der Waals surface area contributed by atoms with E-state index < -0.39 is 0 Å². The van der Waals surface area contributed by atoms with Gasteiger partial charge < -0.3 is 15.1 Å². The second-order valence-corrected chi connectivity index (χ2v) is 7.92. The molecule has 2 aromatic carbocycles. The van der Waals surface area contributed by atoms with Gasteiger partial charge in [0.15, 0.2) is 6.54 Å². The van der Waals surface area contributed by atoms with Gasteiger partial charge in [-0.15, -0.1) is 11.8 Å². The van der Waals surface area contributed by atoms with Crippen molar-refractivity contribution in [3.05, 3.63) is 54.1 Å². The number of nitrogens with zero attached hydrogens (tertiary/aromatic N) is 1. The lowest BCUT2D eigenvalue weighted by Gasteiger charge is -2.28. The summed E-state index contributed by atoms with van der Waals surface area (Å²) >= 11 is 1.72. The maximum Gasteiger partial charge on any atom is 0.282 e. The number of carbonyl (C=O) groups is 2. The molecule has 0 aromatic heterocycles. The van der Waals surface area contributed by atoms with Gasteiger partial charge in [-0.1, -0.05) is 24.3 Å². The van der Waals surface area contributed by atoms with E-state index >= 15 is 0 Å². The number of hydrogen-bond donors (Lipinski definition) is 2. The monoisotopic (exact) mass is 384 g/mol. The minimum absolute atomic E-state index is 0.0321. The first-order valence-corrected chi connectivity index (χ1v) is 10.4. The Hall–Kier alpha value is -2.31. The molecule has 2 aromatic rings. The summed E-state index contributed by atoms with van der Waals surface area (Å²) in [5.74, 6) is -0.0236. The van der Waals surface area contributed by atoms with Crippen molar-refractivity contribution in [3.63, 3.8) is 0 Å². The highest BCUT2D eigenvalue weighted by Gasteiger charge is 2.30. The fourth-order valence-electron chi connectivity index (χ4n) is 3.47. The van der Waals surface area contributed by atoms with E-state index in [9.17, 15) is 9.59 Å². The predicted octanol–water partition coefficient (Wildman–Crippen LogP) is 2.19. The largest absolute Gasteiger partial charge is 0.326 e. The molecule has 0 saturated carbocycles. The van der Waals surface area contributed by atoms with Crippen LogP contribution >= 0.6 is 11.8 Å². The van der Waals surface area contributed by atoms with Gasteiger partial charge in [0.05, 0.1) is 18.4 Å². The van der Waals surface area contributed by atoms with Crippen LogP contribution in [0.25, 0.3) is 0 Å². The van der Waals surface area contributed by atoms with Gasteiger partial charge in [0.1, 0.15) is 6.54 Å². The zero-order chi connectivity index (χ0) is 19.4. The third kappa shape index (κ3) is 4.70. The zero-order valence-corrected chi connectivity index (χ0v) is 16.8. The summed E-state index contributed by atoms with van der Waals surface area (Å²) < 4.78 is 0. The lowest BCUT2D eigenvalue weighted by atomic mass is 10.1. The Morgan fingerprint density at radius 1 is 1.22 bits per heavy atom. The molecule has 5 nitrogen and oxygen atoms in total. The first-order valence-electron chi connectivity index (χ1n) is 9.13. The van der Waals surface area contributed by atoms with Gasteiger partial charge in [-0.3, -0.25) is 9.59 Å². The van der Waals surface area contributed by atoms with Gasteiger partial charge in [-0.25, -0.2) is 0 Å². The molecule has 1 unspecified atom stereocenters. The summed E-state index contributed by atoms with van der Waals surface area (Å²) in [5, 5.41) is 2.90. The highest BCUT2D eigenvalue weighted by atomic mass is 32.2. The van der Waals surface area contributed by atoms with E-state index in [1.165, 1.54) is 10.5 Å². The van der Waals surface area contributed by atoms with Crippen molar-refractivity contribution in [1.82, 2.24) is 0 Å². The van der Waals surface area contributed by atoms with Crippen LogP contribution in [0, 0.1) is 0 Å². The van der Waals surface area contributed by atoms with Gasteiger partial charge >= 0.3 is 0 Å². The number of hydrogen-bond acceptors (Lipinski definition) is 3. The van der Waals surface area contributed by atoms with Crippen molar-refractivity contribution in [1.29, 1.82) is 0 Å². The summed E-state index contributed by atoms with van der Waals surface area (Å²) in [5.41, 5.74) is 2.68. The van der Waals surface area contributed by atoms with Crippen molar-refractivity contribution >= 4 is 35.0 Å². The molecule has 0 aliphatic carbocycles. The zero-order valence-electron chi connectivity index (χ0n) is 16.0. The molecule has 2 amide bonds. The molecule has 0 spiro atoms. The summed E-state index contributed by atoms with van der Waals surface area (Å²) in [6, 6.07) is 15.8. The number of nitrogens with one attached hydrogen (secondary N) is 2. The van der Waals surface area contributed by atoms with Crippen molar-refractivity contribution < 1.29 is 14.5 Å². The average Bonchev–Trinajstić information content (AvgIpc) is 2.76. The summed E-state index contributed by atoms with van der Waals surface area (Å²) in [6.07, 6.45) is 2.36. The number of carbonyl (C=O) groups excluding carboxylic acids is 2. The molecule has 27 heavy (non-hydrogen) atoms. The summed E-state index contributed by atoms with van der Waals surface area (Å²) in [6.45, 7) is 3.08. The van der Waals surface area contributed by atoms with E-state index in [1.807, 2.05) is 38.2 Å². The lowest BCUT2D eigenvalue weighted by Crippen LogP contribution is -3.09. The van der Waals surface area contributed by atoms with Gasteiger partial charge in [0, 0.05) is 22.9 Å². The number of quaternary nitrogens is 1. The normalized spacial score (nSPS) is 17.7. The topological polar surface area (TPSA) is 53.9 Å². The number of para-hydroxylation sites is 2. The lowest BCUT2D eigenvalue weighted by molar-refractivity contribution is -0.885. The highest BCUT2D eigenvalue weighted by Crippen LogP contribution is 2.31. The van der Waals surface area contributed by atoms with Crippen molar-refractivity contribution in [2.24, 2.45) is 0 Å². The first-order chi connectivity index (χ1) is 13.0. The molecule has 1 heterocycles. The molecule has 1 aliphatic rings. The van der Waals surface area contributed by atoms with E-state index in [0.29, 0.717) is 18.7 Å². The minimum Gasteiger partial charge on any atom is -0.326 e. The predicted molar refractivity (Wildman–Crippen MR) is 110 cm³/mol. The SMILES string of the molecule is CSc1ccc(C[NH+](C)CC(=O)N2c3ccccc3NC(=O)C[C@@H]2C)cc1. The number of benzene rings is 2. The van der Waals surface area contributed by atoms with Gasteiger partial charge in [0.25, 0.3) is 5.91 Å². The number of fused-ring (bicyclic) bond motifs is 1. The van der Waals surface area contributed by atoms with Crippen LogP contribution in [-0.4, -0.2) is 37.7 Å². The Morgan fingerprint density at radius 2 is 1.93 bits per heavy atom. The fourth-order valence-corrected chi connectivity index (χ4v) is 3.87. The molecule has 2 N–H and O–H groups in total. The van der Waals surface area contributed by atoms with E-state index in [0.717, 1.165) is 17.1 Å². The average molecular weight is 385 g/mol. The molecular formula is C21H26N3O2S+. The molecule has 0 saturated heterocycles. The molecule has 0 fully saturated rings. The Labute approximate surface area is 164 Å². The van der Waals surface area contributed by atoms with Crippen LogP contribution in [0.3, 0.4) is 0 Å². The molecule has 142 valence electrons. The number of anilines is 2. The van der Waals surface area contributed by atoms with Crippen LogP contribution in [-0.2, 0) is 16.1 Å². The van der Waals surface area contributed by atoms with Crippen molar-refractivity contribution in [2.45, 2.75) is 30.8 Å². The number of likely N-dealkylation sites (N-methyl/N-ethyl adjacent to an activating group) is 1. The van der Waals surface area contributed by atoms with Crippen LogP contribution in [0.4, 0.5) is 11.4 Å². The Morgan fingerprint density at radius 3 is 2.63 bits per heavy atom. The Kier molecular flexibility index (Phi) is 6.19. The Balaban J connectivity index is 1.73. The third-order valence-corrected chi connectivity index (χ3v) is 5.49. The van der Waals surface area contributed by atoms with E-state index in [1.54, 1.807) is 16.7 Å². The first kappa shape index (κ1) is 19.5. The van der Waals surface area contributed by atoms with Crippen LogP contribution in [0.5, 0.6) is 0 Å². The molecule has 0 bridgehead atoms. The molecule has 6 heteroatoms. The maximum atomic E-state index is 13.1. The second kappa shape index (κ2) is 8.59. The Bertz CT molecular complexity index is 822. The molecule has 2 atom stereocenters. The van der Waals surface area contributed by atoms with E-state index in [4.69, 9.17) is 0 Å². The van der Waals surface area contributed by atoms with Gasteiger partial charge in [-0.2, -0.15) is 0 Å². The number of amides is 2. The minimum atomic E-state index is -0.171. The third-order valence-electron chi connectivity index (χ3n) is 4.75. The smallest absolute Gasteiger partial charge is 0.282 e. The summed E-state index contributed by atoms with van der Waals surface area (Å²) in [7, 11) is 2.03. The summed E-state index contributed by atoms with van der Waals surface area (Å²) in [4.78, 5) is 29.3. The quantitative estimate of drug-likeness (QED) is 0.777. The fraction of sp³-hybridized carbons (Fsp3) is 0.333.